The number of aromatic hydroxyl groups is 1. The number of rotatable bonds is 3. The third kappa shape index (κ3) is 3.41. The maximum atomic E-state index is 13.0. The van der Waals surface area contributed by atoms with Gasteiger partial charge in [-0.15, -0.1) is 0 Å². The van der Waals surface area contributed by atoms with Crippen LogP contribution in [-0.4, -0.2) is 20.1 Å². The summed E-state index contributed by atoms with van der Waals surface area (Å²) >= 11 is 0. The number of phenols is 1. The van der Waals surface area contributed by atoms with Gasteiger partial charge in [-0.2, -0.15) is 13.2 Å². The molecule has 0 fully saturated rings. The number of fused-ring (bicyclic) bond motifs is 1. The molecule has 2 aromatic heterocycles. The fraction of sp³-hybridized carbons (Fsp3) is 0.0526. The first-order valence-corrected chi connectivity index (χ1v) is 7.98. The van der Waals surface area contributed by atoms with Crippen LogP contribution in [0.15, 0.2) is 60.8 Å². The van der Waals surface area contributed by atoms with Gasteiger partial charge in [0.1, 0.15) is 17.1 Å². The van der Waals surface area contributed by atoms with E-state index >= 15 is 0 Å². The van der Waals surface area contributed by atoms with Crippen LogP contribution >= 0.6 is 0 Å². The van der Waals surface area contributed by atoms with Gasteiger partial charge in [-0.3, -0.25) is 0 Å². The first-order chi connectivity index (χ1) is 12.9. The van der Waals surface area contributed by atoms with Gasteiger partial charge in [-0.25, -0.2) is 9.97 Å². The molecule has 0 aliphatic heterocycles. The third-order valence-corrected chi connectivity index (χ3v) is 3.97. The molecule has 0 bridgehead atoms. The van der Waals surface area contributed by atoms with Gasteiger partial charge in [-0.05, 0) is 30.3 Å². The van der Waals surface area contributed by atoms with E-state index in [-0.39, 0.29) is 5.75 Å². The third-order valence-electron chi connectivity index (χ3n) is 3.97. The van der Waals surface area contributed by atoms with Crippen LogP contribution in [0.25, 0.3) is 22.4 Å². The van der Waals surface area contributed by atoms with Crippen LogP contribution in [0.1, 0.15) is 5.56 Å². The Morgan fingerprint density at radius 2 is 1.81 bits per heavy atom. The number of aromatic amines is 1. The molecule has 0 unspecified atom stereocenters. The van der Waals surface area contributed by atoms with E-state index in [0.29, 0.717) is 33.9 Å². The van der Waals surface area contributed by atoms with Gasteiger partial charge < -0.3 is 15.4 Å². The molecule has 0 saturated carbocycles. The highest BCUT2D eigenvalue weighted by Gasteiger charge is 2.30. The quantitative estimate of drug-likeness (QED) is 0.469. The number of nitrogens with one attached hydrogen (secondary N) is 2. The minimum absolute atomic E-state index is 0.0962. The van der Waals surface area contributed by atoms with Gasteiger partial charge in [0.15, 0.2) is 5.82 Å². The molecule has 136 valence electrons. The first-order valence-electron chi connectivity index (χ1n) is 7.98. The molecule has 0 aliphatic carbocycles. The number of pyridine rings is 1. The number of phenolic OH excluding ortho intramolecular Hbond substituents is 1. The van der Waals surface area contributed by atoms with Gasteiger partial charge in [0, 0.05) is 23.5 Å². The van der Waals surface area contributed by atoms with Crippen molar-refractivity contribution in [2.75, 3.05) is 5.32 Å². The molecule has 0 amide bonds. The number of H-pyrrole nitrogens is 1. The van der Waals surface area contributed by atoms with Crippen molar-refractivity contribution in [3.05, 3.63) is 66.4 Å². The Hall–Kier alpha value is -3.55. The van der Waals surface area contributed by atoms with Crippen molar-refractivity contribution in [3.63, 3.8) is 0 Å². The van der Waals surface area contributed by atoms with Crippen LogP contribution in [0.2, 0.25) is 0 Å². The molecular formula is C19H13F3N4O. The first kappa shape index (κ1) is 16.9. The molecule has 4 rings (SSSR count). The highest BCUT2D eigenvalue weighted by Crippen LogP contribution is 2.33. The van der Waals surface area contributed by atoms with E-state index in [1.807, 2.05) is 0 Å². The summed E-state index contributed by atoms with van der Waals surface area (Å²) in [6.07, 6.45) is -2.87. The van der Waals surface area contributed by atoms with Gasteiger partial charge in [0.25, 0.3) is 0 Å². The van der Waals surface area contributed by atoms with Gasteiger partial charge in [-0.1, -0.05) is 18.2 Å². The Bertz CT molecular complexity index is 1120. The molecule has 0 saturated heterocycles. The number of imidazole rings is 1. The van der Waals surface area contributed by atoms with E-state index in [2.05, 4.69) is 20.3 Å². The molecule has 3 N–H and O–H groups in total. The Kier molecular flexibility index (Phi) is 3.95. The van der Waals surface area contributed by atoms with E-state index in [4.69, 9.17) is 0 Å². The summed E-state index contributed by atoms with van der Waals surface area (Å²) in [6.45, 7) is 0. The summed E-state index contributed by atoms with van der Waals surface area (Å²) in [5.41, 5.74) is 1.30. The van der Waals surface area contributed by atoms with Crippen LogP contribution in [-0.2, 0) is 6.18 Å². The normalized spacial score (nSPS) is 11.7. The number of halogens is 3. The fourth-order valence-corrected chi connectivity index (χ4v) is 2.73. The highest BCUT2D eigenvalue weighted by molar-refractivity contribution is 5.90. The van der Waals surface area contributed by atoms with Crippen molar-refractivity contribution in [1.29, 1.82) is 0 Å². The average molecular weight is 370 g/mol. The lowest BCUT2D eigenvalue weighted by atomic mass is 10.1. The zero-order chi connectivity index (χ0) is 19.0. The molecule has 8 heteroatoms. The second-order valence-corrected chi connectivity index (χ2v) is 5.90. The largest absolute Gasteiger partial charge is 0.508 e. The number of benzene rings is 2. The maximum Gasteiger partial charge on any atom is 0.416 e. The van der Waals surface area contributed by atoms with Crippen LogP contribution in [0.5, 0.6) is 5.75 Å². The predicted octanol–water partition coefficient (Wildman–Crippen LogP) is 5.09. The molecule has 0 aliphatic rings. The molecule has 0 spiro atoms. The zero-order valence-corrected chi connectivity index (χ0v) is 13.7. The van der Waals surface area contributed by atoms with Gasteiger partial charge >= 0.3 is 6.18 Å². The number of hydrogen-bond acceptors (Lipinski definition) is 4. The summed E-state index contributed by atoms with van der Waals surface area (Å²) in [5, 5.41) is 12.6. The van der Waals surface area contributed by atoms with E-state index in [9.17, 15) is 18.3 Å². The van der Waals surface area contributed by atoms with Crippen molar-refractivity contribution in [2.24, 2.45) is 0 Å². The Balaban J connectivity index is 1.75. The Morgan fingerprint density at radius 3 is 2.59 bits per heavy atom. The van der Waals surface area contributed by atoms with Crippen molar-refractivity contribution in [3.8, 4) is 17.1 Å². The van der Waals surface area contributed by atoms with Crippen LogP contribution < -0.4 is 5.32 Å². The lowest BCUT2D eigenvalue weighted by Gasteiger charge is -2.07. The number of anilines is 2. The Labute approximate surface area is 151 Å². The van der Waals surface area contributed by atoms with Crippen molar-refractivity contribution in [1.82, 2.24) is 15.0 Å². The van der Waals surface area contributed by atoms with Crippen LogP contribution in [0.3, 0.4) is 0 Å². The summed E-state index contributed by atoms with van der Waals surface area (Å²) in [6, 6.07) is 13.2. The van der Waals surface area contributed by atoms with E-state index < -0.39 is 11.7 Å². The minimum Gasteiger partial charge on any atom is -0.508 e. The summed E-state index contributed by atoms with van der Waals surface area (Å²) in [4.78, 5) is 11.7. The van der Waals surface area contributed by atoms with Gasteiger partial charge in [0.2, 0.25) is 0 Å². The Morgan fingerprint density at radius 1 is 1.00 bits per heavy atom. The summed E-state index contributed by atoms with van der Waals surface area (Å²) < 4.78 is 38.9. The zero-order valence-electron chi connectivity index (χ0n) is 13.7. The van der Waals surface area contributed by atoms with Crippen LogP contribution in [0, 0.1) is 0 Å². The van der Waals surface area contributed by atoms with Gasteiger partial charge in [0.05, 0.1) is 11.1 Å². The minimum atomic E-state index is -4.42. The molecular weight excluding hydrogens is 357 g/mol. The number of nitrogens with zero attached hydrogens (tertiary/aromatic N) is 2. The fourth-order valence-electron chi connectivity index (χ4n) is 2.73. The van der Waals surface area contributed by atoms with E-state index in [0.717, 1.165) is 12.1 Å². The molecule has 2 heterocycles. The average Bonchev–Trinajstić information content (AvgIpc) is 3.07. The molecule has 0 atom stereocenters. The molecule has 5 nitrogen and oxygen atoms in total. The maximum absolute atomic E-state index is 13.0. The SMILES string of the molecule is Oc1cccc(Nc2nccc3[nH]c(-c4cccc(C(F)(F)F)c4)nc23)c1. The molecule has 27 heavy (non-hydrogen) atoms. The van der Waals surface area contributed by atoms with Crippen molar-refractivity contribution < 1.29 is 18.3 Å². The lowest BCUT2D eigenvalue weighted by molar-refractivity contribution is -0.137. The predicted molar refractivity (Wildman–Crippen MR) is 95.7 cm³/mol. The molecule has 0 radical (unpaired) electrons. The molecule has 2 aromatic carbocycles. The standard InChI is InChI=1S/C19H13F3N4O/c20-19(21,22)12-4-1-3-11(9-12)17-25-15-7-8-23-18(16(15)26-17)24-13-5-2-6-14(27)10-13/h1-10,27H,(H,23,24)(H,25,26). The monoisotopic (exact) mass is 370 g/mol. The number of alkyl halides is 3. The number of hydrogen-bond donors (Lipinski definition) is 3. The molecule has 4 aromatic rings. The van der Waals surface area contributed by atoms with E-state index in [1.54, 1.807) is 36.5 Å². The summed E-state index contributed by atoms with van der Waals surface area (Å²) in [5.74, 6) is 0.828. The highest BCUT2D eigenvalue weighted by atomic mass is 19.4. The summed E-state index contributed by atoms with van der Waals surface area (Å²) in [7, 11) is 0. The topological polar surface area (TPSA) is 73.8 Å². The second-order valence-electron chi connectivity index (χ2n) is 5.90. The van der Waals surface area contributed by atoms with Crippen molar-refractivity contribution in [2.45, 2.75) is 6.18 Å². The van der Waals surface area contributed by atoms with E-state index in [1.165, 1.54) is 12.1 Å². The van der Waals surface area contributed by atoms with Crippen molar-refractivity contribution >= 4 is 22.5 Å². The number of aromatic nitrogens is 3. The van der Waals surface area contributed by atoms with Crippen LogP contribution in [0.4, 0.5) is 24.7 Å². The second kappa shape index (κ2) is 6.31. The lowest BCUT2D eigenvalue weighted by Crippen LogP contribution is -2.04. The smallest absolute Gasteiger partial charge is 0.416 e.